The normalized spacial score (nSPS) is 12.7. The van der Waals surface area contributed by atoms with Crippen LogP contribution >= 0.6 is 0 Å². The summed E-state index contributed by atoms with van der Waals surface area (Å²) < 4.78 is 2.15. The van der Waals surface area contributed by atoms with Crippen LogP contribution in [0.15, 0.2) is 36.5 Å². The second-order valence-corrected chi connectivity index (χ2v) is 5.07. The summed E-state index contributed by atoms with van der Waals surface area (Å²) in [5.74, 6) is 0. The van der Waals surface area contributed by atoms with E-state index in [0.717, 1.165) is 6.54 Å². The zero-order valence-corrected chi connectivity index (χ0v) is 11.7. The minimum atomic E-state index is 0.375. The van der Waals surface area contributed by atoms with Crippen LogP contribution in [0.3, 0.4) is 0 Å². The first-order valence-electron chi connectivity index (χ1n) is 6.48. The van der Waals surface area contributed by atoms with Crippen molar-refractivity contribution in [1.29, 1.82) is 0 Å². The Morgan fingerprint density at radius 2 is 2.00 bits per heavy atom. The van der Waals surface area contributed by atoms with Crippen molar-refractivity contribution in [2.45, 2.75) is 33.4 Å². The number of nitrogens with zero attached hydrogens (tertiary/aromatic N) is 1. The monoisotopic (exact) mass is 242 g/mol. The van der Waals surface area contributed by atoms with Crippen LogP contribution < -0.4 is 5.32 Å². The van der Waals surface area contributed by atoms with Gasteiger partial charge in [-0.1, -0.05) is 23.8 Å². The first kappa shape index (κ1) is 12.9. The molecule has 1 aromatic heterocycles. The number of rotatable bonds is 4. The average molecular weight is 242 g/mol. The zero-order valence-electron chi connectivity index (χ0n) is 11.7. The molecular formula is C16H22N2. The van der Waals surface area contributed by atoms with Crippen LogP contribution in [-0.2, 0) is 13.6 Å². The van der Waals surface area contributed by atoms with Gasteiger partial charge < -0.3 is 9.88 Å². The van der Waals surface area contributed by atoms with Crippen molar-refractivity contribution in [3.05, 3.63) is 58.9 Å². The molecule has 0 fully saturated rings. The predicted molar refractivity (Wildman–Crippen MR) is 76.6 cm³/mol. The lowest BCUT2D eigenvalue weighted by Gasteiger charge is -2.17. The average Bonchev–Trinajstić information content (AvgIpc) is 2.72. The molecule has 1 aromatic carbocycles. The van der Waals surface area contributed by atoms with E-state index >= 15 is 0 Å². The maximum absolute atomic E-state index is 3.58. The number of nitrogens with one attached hydrogen (secondary N) is 1. The Morgan fingerprint density at radius 1 is 1.22 bits per heavy atom. The molecule has 1 unspecified atom stereocenters. The van der Waals surface area contributed by atoms with Gasteiger partial charge in [0, 0.05) is 31.5 Å². The Hall–Kier alpha value is -1.54. The molecule has 0 saturated heterocycles. The molecule has 0 amide bonds. The van der Waals surface area contributed by atoms with Crippen LogP contribution in [0.1, 0.15) is 35.3 Å². The van der Waals surface area contributed by atoms with Crippen molar-refractivity contribution in [2.75, 3.05) is 0 Å². The number of aryl methyl sites for hydroxylation is 3. The second-order valence-electron chi connectivity index (χ2n) is 5.07. The molecule has 1 N–H and O–H groups in total. The Bertz CT molecular complexity index is 526. The Balaban J connectivity index is 2.03. The lowest BCUT2D eigenvalue weighted by Crippen LogP contribution is -2.20. The molecule has 2 nitrogen and oxygen atoms in total. The largest absolute Gasteiger partial charge is 0.353 e. The summed E-state index contributed by atoms with van der Waals surface area (Å²) in [6, 6.07) is 11.3. The standard InChI is InChI=1S/C16H22N2/c1-12-7-8-16(13(2)10-12)14(3)17-11-15-6-5-9-18(15)4/h5-10,14,17H,11H2,1-4H3. The highest BCUT2D eigenvalue weighted by Crippen LogP contribution is 2.19. The molecule has 1 heterocycles. The lowest BCUT2D eigenvalue weighted by molar-refractivity contribution is 0.556. The van der Waals surface area contributed by atoms with Gasteiger partial charge in [0.2, 0.25) is 0 Å². The van der Waals surface area contributed by atoms with Gasteiger partial charge in [0.05, 0.1) is 0 Å². The molecule has 0 aliphatic rings. The quantitative estimate of drug-likeness (QED) is 0.868. The Kier molecular flexibility index (Phi) is 3.87. The summed E-state index contributed by atoms with van der Waals surface area (Å²) in [5.41, 5.74) is 5.38. The molecule has 0 aliphatic carbocycles. The molecule has 0 spiro atoms. The molecule has 1 atom stereocenters. The minimum absolute atomic E-state index is 0.375. The minimum Gasteiger partial charge on any atom is -0.353 e. The van der Waals surface area contributed by atoms with E-state index in [9.17, 15) is 0 Å². The molecule has 18 heavy (non-hydrogen) atoms. The SMILES string of the molecule is Cc1ccc(C(C)NCc2cccn2C)c(C)c1. The molecule has 0 bridgehead atoms. The molecule has 2 rings (SSSR count). The fourth-order valence-electron chi connectivity index (χ4n) is 2.36. The van der Waals surface area contributed by atoms with Crippen LogP contribution in [0.4, 0.5) is 0 Å². The molecule has 96 valence electrons. The first-order chi connectivity index (χ1) is 8.58. The van der Waals surface area contributed by atoms with Crippen molar-refractivity contribution < 1.29 is 0 Å². The molecule has 0 saturated carbocycles. The molecule has 2 heteroatoms. The van der Waals surface area contributed by atoms with Crippen LogP contribution in [-0.4, -0.2) is 4.57 Å². The smallest absolute Gasteiger partial charge is 0.0364 e. The van der Waals surface area contributed by atoms with Gasteiger partial charge in [0.15, 0.2) is 0 Å². The third kappa shape index (κ3) is 2.82. The molecule has 0 aliphatic heterocycles. The third-order valence-electron chi connectivity index (χ3n) is 3.53. The van der Waals surface area contributed by atoms with Crippen molar-refractivity contribution in [3.63, 3.8) is 0 Å². The number of aromatic nitrogens is 1. The second kappa shape index (κ2) is 5.40. The topological polar surface area (TPSA) is 17.0 Å². The lowest BCUT2D eigenvalue weighted by atomic mass is 10.0. The van der Waals surface area contributed by atoms with Gasteiger partial charge in [-0.2, -0.15) is 0 Å². The predicted octanol–water partition coefficient (Wildman–Crippen LogP) is 3.49. The number of benzene rings is 1. The maximum Gasteiger partial charge on any atom is 0.0364 e. The van der Waals surface area contributed by atoms with Gasteiger partial charge in [-0.15, -0.1) is 0 Å². The van der Waals surface area contributed by atoms with Gasteiger partial charge in [-0.05, 0) is 44.0 Å². The summed E-state index contributed by atoms with van der Waals surface area (Å²) >= 11 is 0. The van der Waals surface area contributed by atoms with E-state index < -0.39 is 0 Å². The Labute approximate surface area is 110 Å². The van der Waals surface area contributed by atoms with E-state index in [2.05, 4.69) is 74.2 Å². The molecular weight excluding hydrogens is 220 g/mol. The summed E-state index contributed by atoms with van der Waals surface area (Å²) in [7, 11) is 2.08. The van der Waals surface area contributed by atoms with E-state index in [4.69, 9.17) is 0 Å². The van der Waals surface area contributed by atoms with Crippen molar-refractivity contribution in [1.82, 2.24) is 9.88 Å². The maximum atomic E-state index is 3.58. The van der Waals surface area contributed by atoms with E-state index in [0.29, 0.717) is 6.04 Å². The van der Waals surface area contributed by atoms with Crippen molar-refractivity contribution in [2.24, 2.45) is 7.05 Å². The van der Waals surface area contributed by atoms with Gasteiger partial charge in [0.1, 0.15) is 0 Å². The summed E-state index contributed by atoms with van der Waals surface area (Å²) in [6.07, 6.45) is 2.08. The summed E-state index contributed by atoms with van der Waals surface area (Å²) in [5, 5.41) is 3.58. The van der Waals surface area contributed by atoms with Crippen LogP contribution in [0.5, 0.6) is 0 Å². The number of hydrogen-bond acceptors (Lipinski definition) is 1. The van der Waals surface area contributed by atoms with Crippen LogP contribution in [0, 0.1) is 13.8 Å². The van der Waals surface area contributed by atoms with Gasteiger partial charge in [0.25, 0.3) is 0 Å². The highest BCUT2D eigenvalue weighted by atomic mass is 15.0. The highest BCUT2D eigenvalue weighted by Gasteiger charge is 2.08. The first-order valence-corrected chi connectivity index (χ1v) is 6.48. The van der Waals surface area contributed by atoms with Gasteiger partial charge >= 0.3 is 0 Å². The highest BCUT2D eigenvalue weighted by molar-refractivity contribution is 5.32. The third-order valence-corrected chi connectivity index (χ3v) is 3.53. The fourth-order valence-corrected chi connectivity index (χ4v) is 2.36. The fraction of sp³-hybridized carbons (Fsp3) is 0.375. The molecule has 2 aromatic rings. The van der Waals surface area contributed by atoms with E-state index in [1.165, 1.54) is 22.4 Å². The van der Waals surface area contributed by atoms with Crippen molar-refractivity contribution >= 4 is 0 Å². The number of hydrogen-bond donors (Lipinski definition) is 1. The van der Waals surface area contributed by atoms with Crippen LogP contribution in [0.2, 0.25) is 0 Å². The molecule has 0 radical (unpaired) electrons. The summed E-state index contributed by atoms with van der Waals surface area (Å²) in [6.45, 7) is 7.44. The van der Waals surface area contributed by atoms with E-state index in [1.54, 1.807) is 0 Å². The summed E-state index contributed by atoms with van der Waals surface area (Å²) in [4.78, 5) is 0. The van der Waals surface area contributed by atoms with Crippen molar-refractivity contribution in [3.8, 4) is 0 Å². The Morgan fingerprint density at radius 3 is 2.61 bits per heavy atom. The van der Waals surface area contributed by atoms with E-state index in [1.807, 2.05) is 0 Å². The van der Waals surface area contributed by atoms with Gasteiger partial charge in [-0.3, -0.25) is 0 Å². The van der Waals surface area contributed by atoms with Crippen LogP contribution in [0.25, 0.3) is 0 Å². The van der Waals surface area contributed by atoms with E-state index in [-0.39, 0.29) is 0 Å². The van der Waals surface area contributed by atoms with Gasteiger partial charge in [-0.25, -0.2) is 0 Å². The zero-order chi connectivity index (χ0) is 13.1.